The van der Waals surface area contributed by atoms with Gasteiger partial charge >= 0.3 is 6.03 Å². The zero-order valence-corrected chi connectivity index (χ0v) is 15.2. The molecule has 9 heteroatoms. The number of nitrogens with one attached hydrogen (secondary N) is 2. The van der Waals surface area contributed by atoms with E-state index in [4.69, 9.17) is 16.3 Å². The number of benzene rings is 1. The van der Waals surface area contributed by atoms with Crippen LogP contribution in [-0.2, 0) is 16.1 Å². The molecule has 0 radical (unpaired) electrons. The first kappa shape index (κ1) is 18.7. The fourth-order valence-corrected chi connectivity index (χ4v) is 2.83. The topological polar surface area (TPSA) is 101 Å². The van der Waals surface area contributed by atoms with E-state index >= 15 is 0 Å². The number of amides is 4. The summed E-state index contributed by atoms with van der Waals surface area (Å²) in [5.41, 5.74) is 1.11. The summed E-state index contributed by atoms with van der Waals surface area (Å²) in [4.78, 5) is 41.8. The van der Waals surface area contributed by atoms with E-state index < -0.39 is 23.9 Å². The van der Waals surface area contributed by atoms with Gasteiger partial charge in [-0.2, -0.15) is 0 Å². The maximum Gasteiger partial charge on any atom is 0.325 e. The molecule has 0 saturated carbocycles. The smallest absolute Gasteiger partial charge is 0.325 e. The van der Waals surface area contributed by atoms with Crippen molar-refractivity contribution in [1.82, 2.24) is 15.2 Å². The van der Waals surface area contributed by atoms with Crippen LogP contribution in [0.25, 0.3) is 0 Å². The molecule has 2 aromatic rings. The van der Waals surface area contributed by atoms with Crippen LogP contribution in [0, 0.1) is 0 Å². The molecule has 1 atom stereocenters. The average molecular weight is 389 g/mol. The van der Waals surface area contributed by atoms with Gasteiger partial charge in [-0.15, -0.1) is 0 Å². The van der Waals surface area contributed by atoms with Gasteiger partial charge in [0.15, 0.2) is 0 Å². The number of carbonyl (C=O) groups excluding carboxylic acids is 3. The van der Waals surface area contributed by atoms with E-state index in [0.29, 0.717) is 22.2 Å². The Hall–Kier alpha value is -3.13. The molecule has 1 aromatic carbocycles. The van der Waals surface area contributed by atoms with Gasteiger partial charge in [0.1, 0.15) is 6.04 Å². The van der Waals surface area contributed by atoms with Gasteiger partial charge in [-0.05, 0) is 17.7 Å². The zero-order chi connectivity index (χ0) is 19.4. The third kappa shape index (κ3) is 4.35. The number of urea groups is 1. The van der Waals surface area contributed by atoms with Crippen LogP contribution in [0.15, 0.2) is 42.6 Å². The fourth-order valence-electron chi connectivity index (χ4n) is 2.63. The minimum absolute atomic E-state index is 0.0465. The number of pyridine rings is 1. The van der Waals surface area contributed by atoms with Crippen LogP contribution >= 0.6 is 11.6 Å². The van der Waals surface area contributed by atoms with Crippen molar-refractivity contribution in [1.29, 1.82) is 0 Å². The number of rotatable bonds is 6. The molecule has 1 aliphatic rings. The molecule has 1 aliphatic heterocycles. The van der Waals surface area contributed by atoms with Crippen LogP contribution < -0.4 is 15.4 Å². The highest BCUT2D eigenvalue weighted by Crippen LogP contribution is 2.20. The Morgan fingerprint density at radius 1 is 1.30 bits per heavy atom. The van der Waals surface area contributed by atoms with Crippen molar-refractivity contribution in [2.45, 2.75) is 19.0 Å². The van der Waals surface area contributed by atoms with Gasteiger partial charge in [0, 0.05) is 11.1 Å². The molecule has 0 spiro atoms. The van der Waals surface area contributed by atoms with Crippen LogP contribution in [0.4, 0.5) is 10.5 Å². The molecule has 140 valence electrons. The Kier molecular flexibility index (Phi) is 5.56. The first-order valence-corrected chi connectivity index (χ1v) is 8.51. The number of ether oxygens (including phenoxy) is 1. The number of hydrogen-bond donors (Lipinski definition) is 2. The number of nitrogens with zero attached hydrogens (tertiary/aromatic N) is 2. The summed E-state index contributed by atoms with van der Waals surface area (Å²) in [5.74, 6) is -0.468. The molecule has 3 rings (SSSR count). The van der Waals surface area contributed by atoms with Crippen molar-refractivity contribution in [2.24, 2.45) is 0 Å². The standard InChI is InChI=1S/C18H17ClN4O4/c1-27-16-7-6-12(9-20-16)21-15(24)8-14-17(25)23(18(26)22-14)10-11-4-2-3-5-13(11)19/h2-7,9,14H,8,10H2,1H3,(H,21,24)(H,22,26)/t14-/m1/s1. The van der Waals surface area contributed by atoms with Gasteiger partial charge in [0.05, 0.1) is 32.0 Å². The molecular formula is C18H17ClN4O4. The van der Waals surface area contributed by atoms with Gasteiger partial charge < -0.3 is 15.4 Å². The number of halogens is 1. The normalized spacial score (nSPS) is 16.2. The Morgan fingerprint density at radius 2 is 2.07 bits per heavy atom. The highest BCUT2D eigenvalue weighted by Gasteiger charge is 2.39. The molecule has 0 aliphatic carbocycles. The summed E-state index contributed by atoms with van der Waals surface area (Å²) < 4.78 is 4.95. The molecular weight excluding hydrogens is 372 g/mol. The molecule has 2 N–H and O–H groups in total. The van der Waals surface area contributed by atoms with Crippen molar-refractivity contribution in [3.8, 4) is 5.88 Å². The van der Waals surface area contributed by atoms with E-state index in [0.717, 1.165) is 4.90 Å². The van der Waals surface area contributed by atoms with Gasteiger partial charge in [-0.1, -0.05) is 29.8 Å². The summed E-state index contributed by atoms with van der Waals surface area (Å²) in [6.45, 7) is 0.0465. The first-order chi connectivity index (χ1) is 13.0. The molecule has 0 bridgehead atoms. The van der Waals surface area contributed by atoms with E-state index in [1.165, 1.54) is 13.3 Å². The highest BCUT2D eigenvalue weighted by molar-refractivity contribution is 6.31. The Labute approximate surface area is 160 Å². The summed E-state index contributed by atoms with van der Waals surface area (Å²) in [7, 11) is 1.49. The van der Waals surface area contributed by atoms with Crippen molar-refractivity contribution in [2.75, 3.05) is 12.4 Å². The Balaban J connectivity index is 1.60. The maximum atomic E-state index is 12.5. The van der Waals surface area contributed by atoms with Gasteiger partial charge in [0.25, 0.3) is 5.91 Å². The van der Waals surface area contributed by atoms with E-state index in [2.05, 4.69) is 15.6 Å². The highest BCUT2D eigenvalue weighted by atomic mass is 35.5. The average Bonchev–Trinajstić information content (AvgIpc) is 2.91. The molecule has 0 unspecified atom stereocenters. The van der Waals surface area contributed by atoms with Gasteiger partial charge in [-0.25, -0.2) is 9.78 Å². The van der Waals surface area contributed by atoms with E-state index in [1.807, 2.05) is 0 Å². The predicted molar refractivity (Wildman–Crippen MR) is 98.4 cm³/mol. The van der Waals surface area contributed by atoms with Crippen LogP contribution in [-0.4, -0.2) is 40.9 Å². The number of aromatic nitrogens is 1. The van der Waals surface area contributed by atoms with Crippen molar-refractivity contribution in [3.63, 3.8) is 0 Å². The number of imide groups is 1. The molecule has 8 nitrogen and oxygen atoms in total. The lowest BCUT2D eigenvalue weighted by Gasteiger charge is -2.14. The minimum Gasteiger partial charge on any atom is -0.481 e. The molecule has 1 fully saturated rings. The van der Waals surface area contributed by atoms with Gasteiger partial charge in [-0.3, -0.25) is 14.5 Å². The molecule has 27 heavy (non-hydrogen) atoms. The first-order valence-electron chi connectivity index (χ1n) is 8.13. The number of carbonyl (C=O) groups is 3. The van der Waals surface area contributed by atoms with Gasteiger partial charge in [0.2, 0.25) is 11.8 Å². The maximum absolute atomic E-state index is 12.5. The van der Waals surface area contributed by atoms with E-state index in [1.54, 1.807) is 36.4 Å². The summed E-state index contributed by atoms with van der Waals surface area (Å²) >= 11 is 6.08. The molecule has 2 heterocycles. The second-order valence-corrected chi connectivity index (χ2v) is 6.27. The lowest BCUT2D eigenvalue weighted by atomic mass is 10.1. The van der Waals surface area contributed by atoms with Crippen LogP contribution in [0.2, 0.25) is 5.02 Å². The summed E-state index contributed by atoms with van der Waals surface area (Å²) in [6.07, 6.45) is 1.26. The SMILES string of the molecule is COc1ccc(NC(=O)C[C@H]2NC(=O)N(Cc3ccccc3Cl)C2=O)cn1. The van der Waals surface area contributed by atoms with Crippen molar-refractivity contribution >= 4 is 35.1 Å². The monoisotopic (exact) mass is 388 g/mol. The summed E-state index contributed by atoms with van der Waals surface area (Å²) in [6, 6.07) is 8.70. The van der Waals surface area contributed by atoms with E-state index in [9.17, 15) is 14.4 Å². The predicted octanol–water partition coefficient (Wildman–Crippen LogP) is 2.19. The largest absolute Gasteiger partial charge is 0.481 e. The van der Waals surface area contributed by atoms with Crippen LogP contribution in [0.1, 0.15) is 12.0 Å². The molecule has 1 aromatic heterocycles. The number of hydrogen-bond acceptors (Lipinski definition) is 5. The number of methoxy groups -OCH3 is 1. The van der Waals surface area contributed by atoms with E-state index in [-0.39, 0.29) is 13.0 Å². The minimum atomic E-state index is -0.925. The Morgan fingerprint density at radius 3 is 2.74 bits per heavy atom. The lowest BCUT2D eigenvalue weighted by molar-refractivity contribution is -0.130. The number of anilines is 1. The zero-order valence-electron chi connectivity index (χ0n) is 14.4. The second-order valence-electron chi connectivity index (χ2n) is 5.86. The Bertz CT molecular complexity index is 872. The van der Waals surface area contributed by atoms with Crippen LogP contribution in [0.3, 0.4) is 0 Å². The third-order valence-electron chi connectivity index (χ3n) is 4.01. The molecule has 1 saturated heterocycles. The fraction of sp³-hybridized carbons (Fsp3) is 0.222. The quantitative estimate of drug-likeness (QED) is 0.739. The lowest BCUT2D eigenvalue weighted by Crippen LogP contribution is -2.34. The van der Waals surface area contributed by atoms with Crippen molar-refractivity contribution < 1.29 is 19.1 Å². The third-order valence-corrected chi connectivity index (χ3v) is 4.38. The summed E-state index contributed by atoms with van der Waals surface area (Å²) in [5, 5.41) is 5.62. The van der Waals surface area contributed by atoms with Crippen LogP contribution in [0.5, 0.6) is 5.88 Å². The molecule has 4 amide bonds. The van der Waals surface area contributed by atoms with Crippen molar-refractivity contribution in [3.05, 3.63) is 53.2 Å². The second kappa shape index (κ2) is 8.05.